The van der Waals surface area contributed by atoms with Crippen LogP contribution in [0.15, 0.2) is 53.5 Å². The zero-order valence-corrected chi connectivity index (χ0v) is 22.4. The number of ether oxygens (including phenoxy) is 1. The zero-order chi connectivity index (χ0) is 27.2. The van der Waals surface area contributed by atoms with Crippen LogP contribution in [0.2, 0.25) is 0 Å². The van der Waals surface area contributed by atoms with E-state index in [1.807, 2.05) is 29.2 Å². The van der Waals surface area contributed by atoms with Gasteiger partial charge in [0, 0.05) is 32.6 Å². The first kappa shape index (κ1) is 26.3. The molecule has 11 heteroatoms. The van der Waals surface area contributed by atoms with Gasteiger partial charge >= 0.3 is 5.56 Å². The molecule has 1 saturated heterocycles. The second-order valence-electron chi connectivity index (χ2n) is 10.0. The molecule has 2 heterocycles. The Labute approximate surface area is 221 Å². The maximum absolute atomic E-state index is 14.2. The van der Waals surface area contributed by atoms with Crippen molar-refractivity contribution in [3.05, 3.63) is 81.5 Å². The van der Waals surface area contributed by atoms with Gasteiger partial charge in [-0.05, 0) is 55.7 Å². The van der Waals surface area contributed by atoms with Crippen molar-refractivity contribution >= 4 is 15.7 Å². The number of aliphatic hydroxyl groups excluding tert-OH is 1. The second kappa shape index (κ2) is 10.1. The highest BCUT2D eigenvalue weighted by atomic mass is 32.2. The third-order valence-corrected chi connectivity index (χ3v) is 9.40. The normalized spacial score (nSPS) is 20.1. The van der Waals surface area contributed by atoms with Crippen LogP contribution in [0.5, 0.6) is 5.75 Å². The van der Waals surface area contributed by atoms with E-state index < -0.39 is 38.9 Å². The summed E-state index contributed by atoms with van der Waals surface area (Å²) in [5.41, 5.74) is 2.31. The molecule has 1 fully saturated rings. The van der Waals surface area contributed by atoms with Crippen LogP contribution in [0.3, 0.4) is 0 Å². The van der Waals surface area contributed by atoms with Crippen molar-refractivity contribution < 1.29 is 22.7 Å². The van der Waals surface area contributed by atoms with E-state index in [1.165, 1.54) is 22.6 Å². The van der Waals surface area contributed by atoms with Gasteiger partial charge in [-0.1, -0.05) is 24.3 Å². The Balaban J connectivity index is 1.54. The fourth-order valence-corrected chi connectivity index (χ4v) is 6.36. The van der Waals surface area contributed by atoms with Gasteiger partial charge in [0.2, 0.25) is 15.8 Å². The van der Waals surface area contributed by atoms with E-state index >= 15 is 0 Å². The van der Waals surface area contributed by atoms with Crippen LogP contribution in [0, 0.1) is 12.7 Å². The first-order chi connectivity index (χ1) is 18.1. The van der Waals surface area contributed by atoms with Gasteiger partial charge in [0.15, 0.2) is 0 Å². The number of fused-ring (bicyclic) bond motifs is 1. The Kier molecular flexibility index (Phi) is 7.01. The first-order valence-corrected chi connectivity index (χ1v) is 14.1. The Bertz CT molecular complexity index is 1500. The largest absolute Gasteiger partial charge is 0.478 e. The van der Waals surface area contributed by atoms with E-state index in [0.29, 0.717) is 24.3 Å². The van der Waals surface area contributed by atoms with Gasteiger partial charge in [0.05, 0.1) is 23.2 Å². The van der Waals surface area contributed by atoms with Crippen LogP contribution in [0.25, 0.3) is 5.69 Å². The molecule has 9 nitrogen and oxygen atoms in total. The summed E-state index contributed by atoms with van der Waals surface area (Å²) in [5, 5.41) is 14.4. The number of hydrogen-bond acceptors (Lipinski definition) is 7. The van der Waals surface area contributed by atoms with Crippen molar-refractivity contribution in [3.63, 3.8) is 0 Å². The highest BCUT2D eigenvalue weighted by Gasteiger charge is 2.35. The summed E-state index contributed by atoms with van der Waals surface area (Å²) in [6.07, 6.45) is 0.487. The number of halogens is 1. The van der Waals surface area contributed by atoms with E-state index in [1.54, 1.807) is 26.8 Å². The molecule has 1 aliphatic heterocycles. The minimum atomic E-state index is -3.40. The highest BCUT2D eigenvalue weighted by molar-refractivity contribution is 7.89. The fourth-order valence-electron chi connectivity index (χ4n) is 5.09. The number of nitrogens with zero attached hydrogens (tertiary/aromatic N) is 4. The van der Waals surface area contributed by atoms with Gasteiger partial charge in [-0.25, -0.2) is 12.8 Å². The lowest BCUT2D eigenvalue weighted by Crippen LogP contribution is -2.50. The van der Waals surface area contributed by atoms with Gasteiger partial charge in [-0.15, -0.1) is 0 Å². The summed E-state index contributed by atoms with van der Waals surface area (Å²) in [6.45, 7) is 6.24. The highest BCUT2D eigenvalue weighted by Crippen LogP contribution is 2.42. The molecule has 0 radical (unpaired) electrons. The molecular weight excluding hydrogens is 511 g/mol. The maximum Gasteiger partial charge on any atom is 0.316 e. The third kappa shape index (κ3) is 4.81. The average Bonchev–Trinajstić information content (AvgIpc) is 3.20. The van der Waals surface area contributed by atoms with Crippen molar-refractivity contribution in [1.82, 2.24) is 14.1 Å². The summed E-state index contributed by atoms with van der Waals surface area (Å²) in [4.78, 5) is 15.7. The second-order valence-corrected chi connectivity index (χ2v) is 12.5. The topological polar surface area (TPSA) is 105 Å². The molecule has 2 aromatic carbocycles. The van der Waals surface area contributed by atoms with Crippen molar-refractivity contribution in [2.45, 2.75) is 44.6 Å². The molecule has 202 valence electrons. The quantitative estimate of drug-likeness (QED) is 0.510. The van der Waals surface area contributed by atoms with Crippen LogP contribution in [-0.4, -0.2) is 59.0 Å². The van der Waals surface area contributed by atoms with Crippen molar-refractivity contribution in [2.75, 3.05) is 31.1 Å². The smallest absolute Gasteiger partial charge is 0.316 e. The number of hydrogen-bond donors (Lipinski definition) is 1. The van der Waals surface area contributed by atoms with Crippen LogP contribution >= 0.6 is 0 Å². The van der Waals surface area contributed by atoms with E-state index in [0.717, 1.165) is 15.8 Å². The van der Waals surface area contributed by atoms with Gasteiger partial charge < -0.3 is 14.7 Å². The van der Waals surface area contributed by atoms with Gasteiger partial charge in [-0.2, -0.15) is 14.1 Å². The van der Waals surface area contributed by atoms with Crippen molar-refractivity contribution in [2.24, 2.45) is 0 Å². The Morgan fingerprint density at radius 3 is 2.42 bits per heavy atom. The van der Waals surface area contributed by atoms with Gasteiger partial charge in [0.1, 0.15) is 17.6 Å². The average molecular weight is 543 g/mol. The van der Waals surface area contributed by atoms with Crippen LogP contribution in [0.4, 0.5) is 10.1 Å². The summed E-state index contributed by atoms with van der Waals surface area (Å²) >= 11 is 0. The van der Waals surface area contributed by atoms with E-state index in [2.05, 4.69) is 5.10 Å². The number of aliphatic hydroxyl groups is 1. The minimum absolute atomic E-state index is 0.0241. The first-order valence-electron chi connectivity index (χ1n) is 12.6. The molecule has 2 atom stereocenters. The monoisotopic (exact) mass is 542 g/mol. The summed E-state index contributed by atoms with van der Waals surface area (Å²) in [7, 11) is -3.40. The molecule has 0 saturated carbocycles. The Morgan fingerprint density at radius 2 is 1.76 bits per heavy atom. The molecule has 0 spiro atoms. The predicted molar refractivity (Wildman–Crippen MR) is 142 cm³/mol. The Morgan fingerprint density at radius 1 is 1.08 bits per heavy atom. The molecule has 1 aliphatic carbocycles. The summed E-state index contributed by atoms with van der Waals surface area (Å²) in [6, 6.07) is 11.6. The van der Waals surface area contributed by atoms with Crippen LogP contribution in [-0.2, 0) is 10.0 Å². The van der Waals surface area contributed by atoms with Gasteiger partial charge in [-0.3, -0.25) is 4.79 Å². The molecular formula is C27H31FN4O5S. The molecule has 38 heavy (non-hydrogen) atoms. The van der Waals surface area contributed by atoms with Crippen molar-refractivity contribution in [3.8, 4) is 11.4 Å². The molecule has 2 aliphatic rings. The Hall–Kier alpha value is -3.28. The van der Waals surface area contributed by atoms with E-state index in [9.17, 15) is 22.7 Å². The lowest BCUT2D eigenvalue weighted by Gasteiger charge is -2.36. The molecule has 1 N–H and O–H groups in total. The molecule has 0 amide bonds. The van der Waals surface area contributed by atoms with Crippen LogP contribution in [0.1, 0.15) is 49.2 Å². The van der Waals surface area contributed by atoms with E-state index in [4.69, 9.17) is 4.74 Å². The minimum Gasteiger partial charge on any atom is -0.478 e. The zero-order valence-electron chi connectivity index (χ0n) is 21.5. The molecule has 0 bridgehead atoms. The number of aryl methyl sites for hydroxylation is 1. The molecule has 3 aromatic rings. The molecule has 5 rings (SSSR count). The molecule has 1 aromatic heterocycles. The number of aromatic nitrogens is 2. The van der Waals surface area contributed by atoms with Crippen molar-refractivity contribution in [1.29, 1.82) is 0 Å². The lowest BCUT2D eigenvalue weighted by molar-refractivity contribution is 0.119. The maximum atomic E-state index is 14.2. The van der Waals surface area contributed by atoms with E-state index in [-0.39, 0.29) is 30.9 Å². The lowest BCUT2D eigenvalue weighted by atomic mass is 10.1. The summed E-state index contributed by atoms with van der Waals surface area (Å²) in [5.74, 6) is -0.466. The number of piperazine rings is 1. The van der Waals surface area contributed by atoms with Crippen LogP contribution < -0.4 is 15.2 Å². The SMILES string of the molecule is Cc1cc(F)cc(-n2ncc(N3CCN(S(=O)(=O)C(C)C)CC3)c(OC3CC(O)c4ccccc43)c2=O)c1. The number of rotatable bonds is 6. The predicted octanol–water partition coefficient (Wildman–Crippen LogP) is 3.10. The number of sulfonamides is 1. The number of anilines is 1. The standard InChI is InChI=1S/C27H31FN4O5S/c1-17(2)38(35,36)31-10-8-30(9-11-31)23-16-29-32(20-13-18(3)12-19(28)14-20)27(34)26(23)37-25-15-24(33)21-6-4-5-7-22(21)25/h4-7,12-14,16-17,24-25,33H,8-11,15H2,1-3H3. The fraction of sp³-hybridized carbons (Fsp3) is 0.407. The third-order valence-electron chi connectivity index (χ3n) is 7.12. The molecule has 2 unspecified atom stereocenters. The van der Waals surface area contributed by atoms with Gasteiger partial charge in [0.25, 0.3) is 0 Å². The number of benzene rings is 2. The summed E-state index contributed by atoms with van der Waals surface area (Å²) < 4.78 is 48.4.